The predicted octanol–water partition coefficient (Wildman–Crippen LogP) is 2.95. The van der Waals surface area contributed by atoms with Gasteiger partial charge >= 0.3 is 0 Å². The SMILES string of the molecule is CCOc1cccc(CNC(=O)Cc2nc(-c3ccc(Cl)c(F)c3)nn2CO)c1. The van der Waals surface area contributed by atoms with Gasteiger partial charge in [0.25, 0.3) is 0 Å². The first-order chi connectivity index (χ1) is 14.0. The molecule has 0 spiro atoms. The molecule has 0 saturated heterocycles. The van der Waals surface area contributed by atoms with Gasteiger partial charge in [0.2, 0.25) is 5.91 Å². The van der Waals surface area contributed by atoms with E-state index in [9.17, 15) is 14.3 Å². The number of hydrogen-bond donors (Lipinski definition) is 2. The Kier molecular flexibility index (Phi) is 6.79. The molecule has 0 fully saturated rings. The van der Waals surface area contributed by atoms with Gasteiger partial charge in [-0.25, -0.2) is 14.1 Å². The van der Waals surface area contributed by atoms with E-state index in [1.54, 1.807) is 6.07 Å². The number of ether oxygens (including phenoxy) is 1. The first-order valence-electron chi connectivity index (χ1n) is 8.98. The summed E-state index contributed by atoms with van der Waals surface area (Å²) in [4.78, 5) is 16.6. The molecule has 29 heavy (non-hydrogen) atoms. The number of hydrogen-bond acceptors (Lipinski definition) is 5. The zero-order chi connectivity index (χ0) is 20.8. The van der Waals surface area contributed by atoms with Crippen molar-refractivity contribution < 1.29 is 19.0 Å². The average molecular weight is 419 g/mol. The van der Waals surface area contributed by atoms with Crippen LogP contribution in [0.3, 0.4) is 0 Å². The van der Waals surface area contributed by atoms with Crippen molar-refractivity contribution in [2.24, 2.45) is 0 Å². The van der Waals surface area contributed by atoms with E-state index in [1.807, 2.05) is 31.2 Å². The Bertz CT molecular complexity index is 1010. The molecule has 0 aliphatic carbocycles. The second kappa shape index (κ2) is 9.49. The molecule has 1 amide bonds. The summed E-state index contributed by atoms with van der Waals surface area (Å²) in [6, 6.07) is 11.6. The largest absolute Gasteiger partial charge is 0.494 e. The molecule has 0 radical (unpaired) electrons. The van der Waals surface area contributed by atoms with Crippen LogP contribution in [-0.2, 0) is 24.5 Å². The van der Waals surface area contributed by atoms with E-state index in [0.717, 1.165) is 11.3 Å². The van der Waals surface area contributed by atoms with Gasteiger partial charge in [0, 0.05) is 12.1 Å². The van der Waals surface area contributed by atoms with Crippen LogP contribution in [0.15, 0.2) is 42.5 Å². The molecule has 1 aromatic heterocycles. The molecule has 9 heteroatoms. The minimum Gasteiger partial charge on any atom is -0.494 e. The zero-order valence-corrected chi connectivity index (χ0v) is 16.5. The van der Waals surface area contributed by atoms with Gasteiger partial charge in [0.15, 0.2) is 5.82 Å². The number of carbonyl (C=O) groups excluding carboxylic acids is 1. The van der Waals surface area contributed by atoms with Crippen LogP contribution in [0.5, 0.6) is 5.75 Å². The van der Waals surface area contributed by atoms with Crippen LogP contribution in [0.25, 0.3) is 11.4 Å². The first kappa shape index (κ1) is 20.8. The van der Waals surface area contributed by atoms with E-state index >= 15 is 0 Å². The second-order valence-electron chi connectivity index (χ2n) is 6.16. The third kappa shape index (κ3) is 5.30. The summed E-state index contributed by atoms with van der Waals surface area (Å²) in [5.74, 6) is 0.306. The lowest BCUT2D eigenvalue weighted by atomic mass is 10.2. The summed E-state index contributed by atoms with van der Waals surface area (Å²) < 4.78 is 20.3. The Morgan fingerprint density at radius 3 is 2.86 bits per heavy atom. The maximum Gasteiger partial charge on any atom is 0.227 e. The van der Waals surface area contributed by atoms with Gasteiger partial charge < -0.3 is 15.2 Å². The molecule has 0 aliphatic rings. The van der Waals surface area contributed by atoms with Crippen LogP contribution >= 0.6 is 11.6 Å². The Hall–Kier alpha value is -2.97. The van der Waals surface area contributed by atoms with Crippen molar-refractivity contribution in [1.29, 1.82) is 0 Å². The molecule has 0 bridgehead atoms. The topological polar surface area (TPSA) is 89.3 Å². The standard InChI is InChI=1S/C20H20ClFN4O3/c1-2-29-15-5-3-4-13(8-15)11-23-19(28)10-18-24-20(25-26(18)12-27)14-6-7-16(21)17(22)9-14/h3-9,27H,2,10-12H2,1H3,(H,23,28). The minimum absolute atomic E-state index is 0.0108. The first-order valence-corrected chi connectivity index (χ1v) is 9.36. The highest BCUT2D eigenvalue weighted by molar-refractivity contribution is 6.30. The molecule has 2 N–H and O–H groups in total. The lowest BCUT2D eigenvalue weighted by Gasteiger charge is -2.08. The van der Waals surface area contributed by atoms with E-state index in [1.165, 1.54) is 16.8 Å². The van der Waals surface area contributed by atoms with Crippen LogP contribution in [0.1, 0.15) is 18.3 Å². The van der Waals surface area contributed by atoms with E-state index in [2.05, 4.69) is 15.4 Å². The van der Waals surface area contributed by atoms with Crippen molar-refractivity contribution in [3.8, 4) is 17.1 Å². The molecule has 0 unspecified atom stereocenters. The number of benzene rings is 2. The van der Waals surface area contributed by atoms with E-state index < -0.39 is 12.5 Å². The Morgan fingerprint density at radius 2 is 2.14 bits per heavy atom. The third-order valence-corrected chi connectivity index (χ3v) is 4.38. The number of aliphatic hydroxyl groups excluding tert-OH is 1. The Balaban J connectivity index is 1.67. The van der Waals surface area contributed by atoms with Gasteiger partial charge in [-0.3, -0.25) is 4.79 Å². The fraction of sp³-hybridized carbons (Fsp3) is 0.250. The smallest absolute Gasteiger partial charge is 0.227 e. The van der Waals surface area contributed by atoms with Crippen LogP contribution in [0.2, 0.25) is 5.02 Å². The quantitative estimate of drug-likeness (QED) is 0.587. The number of aromatic nitrogens is 3. The van der Waals surface area contributed by atoms with Gasteiger partial charge in [-0.05, 0) is 42.8 Å². The summed E-state index contributed by atoms with van der Waals surface area (Å²) in [6.45, 7) is 2.33. The van der Waals surface area contributed by atoms with Crippen LogP contribution in [0, 0.1) is 5.82 Å². The van der Waals surface area contributed by atoms with Crippen molar-refractivity contribution in [2.75, 3.05) is 6.61 Å². The third-order valence-electron chi connectivity index (χ3n) is 4.08. The van der Waals surface area contributed by atoms with Gasteiger partial charge in [0.05, 0.1) is 18.1 Å². The monoisotopic (exact) mass is 418 g/mol. The molecule has 3 aromatic rings. The molecule has 2 aromatic carbocycles. The molecular weight excluding hydrogens is 399 g/mol. The van der Waals surface area contributed by atoms with Crippen molar-refractivity contribution in [2.45, 2.75) is 26.6 Å². The number of aliphatic hydroxyl groups is 1. The van der Waals surface area contributed by atoms with Gasteiger partial charge in [-0.15, -0.1) is 5.10 Å². The molecule has 0 atom stereocenters. The van der Waals surface area contributed by atoms with Crippen molar-refractivity contribution in [1.82, 2.24) is 20.1 Å². The highest BCUT2D eigenvalue weighted by Gasteiger charge is 2.15. The lowest BCUT2D eigenvalue weighted by molar-refractivity contribution is -0.120. The lowest BCUT2D eigenvalue weighted by Crippen LogP contribution is -2.26. The van der Waals surface area contributed by atoms with Crippen LogP contribution < -0.4 is 10.1 Å². The second-order valence-corrected chi connectivity index (χ2v) is 6.56. The van der Waals surface area contributed by atoms with Crippen LogP contribution in [-0.4, -0.2) is 32.4 Å². The summed E-state index contributed by atoms with van der Waals surface area (Å²) in [6.07, 6.45) is -0.0885. The molecule has 152 valence electrons. The molecule has 0 aliphatic heterocycles. The Morgan fingerprint density at radius 1 is 1.31 bits per heavy atom. The van der Waals surface area contributed by atoms with Crippen molar-refractivity contribution in [3.05, 3.63) is 64.7 Å². The number of amides is 1. The van der Waals surface area contributed by atoms with Gasteiger partial charge in [-0.1, -0.05) is 23.7 Å². The number of nitrogens with one attached hydrogen (secondary N) is 1. The normalized spacial score (nSPS) is 10.8. The maximum atomic E-state index is 13.7. The molecule has 0 saturated carbocycles. The summed E-state index contributed by atoms with van der Waals surface area (Å²) in [7, 11) is 0. The van der Waals surface area contributed by atoms with Gasteiger partial charge in [0.1, 0.15) is 24.1 Å². The summed E-state index contributed by atoms with van der Waals surface area (Å²) in [5, 5.41) is 16.4. The van der Waals surface area contributed by atoms with Crippen molar-refractivity contribution in [3.63, 3.8) is 0 Å². The zero-order valence-electron chi connectivity index (χ0n) is 15.7. The highest BCUT2D eigenvalue weighted by atomic mass is 35.5. The summed E-state index contributed by atoms with van der Waals surface area (Å²) in [5.41, 5.74) is 1.29. The number of nitrogens with zero attached hydrogens (tertiary/aromatic N) is 3. The number of halogens is 2. The van der Waals surface area contributed by atoms with E-state index in [-0.39, 0.29) is 29.0 Å². The van der Waals surface area contributed by atoms with Gasteiger partial charge in [-0.2, -0.15) is 0 Å². The predicted molar refractivity (Wildman–Crippen MR) is 106 cm³/mol. The Labute approximate surface area is 172 Å². The molecule has 3 rings (SSSR count). The molecular formula is C20H20ClFN4O3. The number of carbonyl (C=O) groups is 1. The van der Waals surface area contributed by atoms with Crippen LogP contribution in [0.4, 0.5) is 4.39 Å². The van der Waals surface area contributed by atoms with Crippen molar-refractivity contribution >= 4 is 17.5 Å². The van der Waals surface area contributed by atoms with E-state index in [0.29, 0.717) is 18.7 Å². The highest BCUT2D eigenvalue weighted by Crippen LogP contribution is 2.22. The fourth-order valence-corrected chi connectivity index (χ4v) is 2.81. The summed E-state index contributed by atoms with van der Waals surface area (Å²) >= 11 is 5.69. The van der Waals surface area contributed by atoms with E-state index in [4.69, 9.17) is 16.3 Å². The average Bonchev–Trinajstić information content (AvgIpc) is 3.12. The molecule has 7 nitrogen and oxygen atoms in total. The number of rotatable bonds is 8. The fourth-order valence-electron chi connectivity index (χ4n) is 2.69. The molecule has 1 heterocycles. The maximum absolute atomic E-state index is 13.7. The minimum atomic E-state index is -0.599.